The van der Waals surface area contributed by atoms with Crippen LogP contribution in [0.4, 0.5) is 0 Å². The predicted molar refractivity (Wildman–Crippen MR) is 84.0 cm³/mol. The first-order chi connectivity index (χ1) is 9.40. The minimum Gasteiger partial charge on any atom is -0.341 e. The Morgan fingerprint density at radius 2 is 1.80 bits per heavy atom. The van der Waals surface area contributed by atoms with Gasteiger partial charge in [0.1, 0.15) is 0 Å². The van der Waals surface area contributed by atoms with Crippen molar-refractivity contribution in [3.8, 4) is 0 Å². The molecule has 1 aliphatic heterocycles. The number of hydrogen-bond acceptors (Lipinski definition) is 1. The molecular formula is C18H27NO. The first kappa shape index (κ1) is 15.1. The first-order valence-electron chi connectivity index (χ1n) is 7.77. The highest BCUT2D eigenvalue weighted by molar-refractivity contribution is 5.96. The monoisotopic (exact) mass is 273 g/mol. The molecule has 1 aliphatic rings. The maximum absolute atomic E-state index is 12.1. The zero-order valence-electron chi connectivity index (χ0n) is 13.4. The Bertz CT molecular complexity index is 482. The van der Waals surface area contributed by atoms with Gasteiger partial charge in [0, 0.05) is 19.2 Å². The Labute approximate surface area is 123 Å². The van der Waals surface area contributed by atoms with Gasteiger partial charge >= 0.3 is 0 Å². The molecule has 0 spiro atoms. The third-order valence-corrected chi connectivity index (χ3v) is 4.65. The molecule has 0 saturated heterocycles. The molecule has 0 aromatic heterocycles. The second-order valence-electron chi connectivity index (χ2n) is 6.82. The van der Waals surface area contributed by atoms with Gasteiger partial charge in [-0.1, -0.05) is 39.8 Å². The van der Waals surface area contributed by atoms with Crippen molar-refractivity contribution in [3.63, 3.8) is 0 Å². The molecule has 20 heavy (non-hydrogen) atoms. The minimum atomic E-state index is 0.169. The van der Waals surface area contributed by atoms with Crippen LogP contribution in [0, 0.1) is 17.8 Å². The second-order valence-corrected chi connectivity index (χ2v) is 6.82. The van der Waals surface area contributed by atoms with Crippen LogP contribution in [-0.2, 0) is 12.8 Å². The Morgan fingerprint density at radius 3 is 2.40 bits per heavy atom. The van der Waals surface area contributed by atoms with Crippen LogP contribution in [0.15, 0.2) is 18.2 Å². The van der Waals surface area contributed by atoms with E-state index >= 15 is 0 Å². The topological polar surface area (TPSA) is 20.3 Å². The average Bonchev–Trinajstić information content (AvgIpc) is 2.39. The van der Waals surface area contributed by atoms with E-state index in [0.29, 0.717) is 17.8 Å². The van der Waals surface area contributed by atoms with Gasteiger partial charge in [-0.25, -0.2) is 0 Å². The molecule has 0 N–H and O–H groups in total. The van der Waals surface area contributed by atoms with Gasteiger partial charge in [0.25, 0.3) is 5.91 Å². The average molecular weight is 273 g/mol. The fourth-order valence-electron chi connectivity index (χ4n) is 3.30. The second kappa shape index (κ2) is 5.99. The quantitative estimate of drug-likeness (QED) is 0.817. The van der Waals surface area contributed by atoms with E-state index in [1.807, 2.05) is 18.0 Å². The molecule has 0 aliphatic carbocycles. The summed E-state index contributed by atoms with van der Waals surface area (Å²) in [4.78, 5) is 13.9. The van der Waals surface area contributed by atoms with Gasteiger partial charge in [0.2, 0.25) is 0 Å². The van der Waals surface area contributed by atoms with Crippen molar-refractivity contribution in [3.05, 3.63) is 34.9 Å². The van der Waals surface area contributed by atoms with Crippen LogP contribution in [0.1, 0.15) is 49.2 Å². The number of carbonyl (C=O) groups is 1. The summed E-state index contributed by atoms with van der Waals surface area (Å²) < 4.78 is 0. The number of amides is 1. The van der Waals surface area contributed by atoms with E-state index in [2.05, 4.69) is 39.8 Å². The molecule has 1 aromatic carbocycles. The fraction of sp³-hybridized carbons (Fsp3) is 0.611. The van der Waals surface area contributed by atoms with Crippen molar-refractivity contribution in [1.29, 1.82) is 0 Å². The van der Waals surface area contributed by atoms with Gasteiger partial charge in [-0.2, -0.15) is 0 Å². The summed E-state index contributed by atoms with van der Waals surface area (Å²) in [6, 6.07) is 6.44. The molecule has 0 fully saturated rings. The van der Waals surface area contributed by atoms with Crippen LogP contribution in [-0.4, -0.2) is 24.4 Å². The number of benzene rings is 1. The van der Waals surface area contributed by atoms with Crippen LogP contribution in [0.5, 0.6) is 0 Å². The molecule has 1 aromatic rings. The highest BCUT2D eigenvalue weighted by atomic mass is 16.2. The molecule has 2 rings (SSSR count). The lowest BCUT2D eigenvalue weighted by Gasteiger charge is -2.27. The van der Waals surface area contributed by atoms with Crippen LogP contribution in [0.25, 0.3) is 0 Å². The number of likely N-dealkylation sites (N-methyl/N-ethyl adjacent to an activating group) is 1. The minimum absolute atomic E-state index is 0.169. The Morgan fingerprint density at radius 1 is 1.15 bits per heavy atom. The molecule has 1 heterocycles. The van der Waals surface area contributed by atoms with Crippen molar-refractivity contribution >= 4 is 5.91 Å². The van der Waals surface area contributed by atoms with Gasteiger partial charge in [0.15, 0.2) is 0 Å². The SMILES string of the molecule is CC(C)C(Cc1ccc2c(c1)CCN(C)C2=O)C(C)C. The molecular weight excluding hydrogens is 246 g/mol. The van der Waals surface area contributed by atoms with E-state index in [1.54, 1.807) is 0 Å². The lowest BCUT2D eigenvalue weighted by atomic mass is 9.80. The van der Waals surface area contributed by atoms with Gasteiger partial charge in [-0.05, 0) is 47.8 Å². The van der Waals surface area contributed by atoms with Crippen molar-refractivity contribution in [1.82, 2.24) is 4.90 Å². The van der Waals surface area contributed by atoms with Crippen LogP contribution in [0.2, 0.25) is 0 Å². The number of carbonyl (C=O) groups excluding carboxylic acids is 1. The summed E-state index contributed by atoms with van der Waals surface area (Å²) in [6.07, 6.45) is 2.10. The highest BCUT2D eigenvalue weighted by Gasteiger charge is 2.23. The Hall–Kier alpha value is -1.31. The van der Waals surface area contributed by atoms with E-state index in [1.165, 1.54) is 11.1 Å². The number of rotatable bonds is 4. The molecule has 110 valence electrons. The third-order valence-electron chi connectivity index (χ3n) is 4.65. The lowest BCUT2D eigenvalue weighted by Crippen LogP contribution is -2.34. The summed E-state index contributed by atoms with van der Waals surface area (Å²) in [5.41, 5.74) is 3.51. The predicted octanol–water partition coefficient (Wildman–Crippen LogP) is 3.79. The van der Waals surface area contributed by atoms with E-state index in [0.717, 1.165) is 24.9 Å². The van der Waals surface area contributed by atoms with Gasteiger partial charge in [-0.3, -0.25) is 4.79 Å². The van der Waals surface area contributed by atoms with Crippen LogP contribution in [0.3, 0.4) is 0 Å². The van der Waals surface area contributed by atoms with Gasteiger partial charge in [0.05, 0.1) is 0 Å². The van der Waals surface area contributed by atoms with E-state index in [4.69, 9.17) is 0 Å². The van der Waals surface area contributed by atoms with E-state index < -0.39 is 0 Å². The van der Waals surface area contributed by atoms with E-state index in [-0.39, 0.29) is 5.91 Å². The zero-order chi connectivity index (χ0) is 14.9. The smallest absolute Gasteiger partial charge is 0.253 e. The maximum Gasteiger partial charge on any atom is 0.253 e. The summed E-state index contributed by atoms with van der Waals surface area (Å²) in [7, 11) is 1.88. The maximum atomic E-state index is 12.1. The molecule has 0 saturated carbocycles. The molecule has 1 amide bonds. The molecule has 0 bridgehead atoms. The number of hydrogen-bond donors (Lipinski definition) is 0. The highest BCUT2D eigenvalue weighted by Crippen LogP contribution is 2.27. The standard InChI is InChI=1S/C18H27NO/c1-12(2)17(13(3)4)11-14-6-7-16-15(10-14)8-9-19(5)18(16)20/h6-7,10,12-13,17H,8-9,11H2,1-5H3. The fourth-order valence-corrected chi connectivity index (χ4v) is 3.30. The van der Waals surface area contributed by atoms with Crippen LogP contribution < -0.4 is 0 Å². The largest absolute Gasteiger partial charge is 0.341 e. The van der Waals surface area contributed by atoms with Crippen molar-refractivity contribution in [2.45, 2.75) is 40.5 Å². The molecule has 0 radical (unpaired) electrons. The van der Waals surface area contributed by atoms with Gasteiger partial charge in [-0.15, -0.1) is 0 Å². The molecule has 0 atom stereocenters. The number of fused-ring (bicyclic) bond motifs is 1. The Balaban J connectivity index is 2.21. The number of nitrogens with zero attached hydrogens (tertiary/aromatic N) is 1. The van der Waals surface area contributed by atoms with Gasteiger partial charge < -0.3 is 4.90 Å². The Kier molecular flexibility index (Phi) is 4.52. The van der Waals surface area contributed by atoms with Crippen molar-refractivity contribution < 1.29 is 4.79 Å². The molecule has 2 nitrogen and oxygen atoms in total. The zero-order valence-corrected chi connectivity index (χ0v) is 13.4. The van der Waals surface area contributed by atoms with Crippen molar-refractivity contribution in [2.24, 2.45) is 17.8 Å². The molecule has 0 unspecified atom stereocenters. The third kappa shape index (κ3) is 3.05. The first-order valence-corrected chi connectivity index (χ1v) is 7.77. The van der Waals surface area contributed by atoms with Crippen molar-refractivity contribution in [2.75, 3.05) is 13.6 Å². The lowest BCUT2D eigenvalue weighted by molar-refractivity contribution is 0.0781. The summed E-state index contributed by atoms with van der Waals surface area (Å²) >= 11 is 0. The molecule has 2 heteroatoms. The summed E-state index contributed by atoms with van der Waals surface area (Å²) in [5, 5.41) is 0. The van der Waals surface area contributed by atoms with Crippen LogP contribution >= 0.6 is 0 Å². The summed E-state index contributed by atoms with van der Waals surface area (Å²) in [5.74, 6) is 2.26. The summed E-state index contributed by atoms with van der Waals surface area (Å²) in [6.45, 7) is 10.1. The van der Waals surface area contributed by atoms with E-state index in [9.17, 15) is 4.79 Å². The normalized spacial score (nSPS) is 15.4.